The van der Waals surface area contributed by atoms with Gasteiger partial charge in [0.15, 0.2) is 5.96 Å². The first kappa shape index (κ1) is 20.7. The lowest BCUT2D eigenvalue weighted by molar-refractivity contribution is 0.194. The van der Waals surface area contributed by atoms with Crippen LogP contribution in [-0.4, -0.2) is 65.3 Å². The summed E-state index contributed by atoms with van der Waals surface area (Å²) in [5.41, 5.74) is 0. The van der Waals surface area contributed by atoms with Crippen LogP contribution < -0.4 is 10.6 Å². The molecule has 2 aliphatic carbocycles. The first-order valence-electron chi connectivity index (χ1n) is 10.2. The molecule has 0 bridgehead atoms. The van der Waals surface area contributed by atoms with E-state index in [0.29, 0.717) is 11.3 Å². The topological polar surface area (TPSA) is 56.7 Å². The van der Waals surface area contributed by atoms with E-state index in [1.54, 1.807) is 0 Å². The Kier molecular flexibility index (Phi) is 9.24. The average Bonchev–Trinajstić information content (AvgIpc) is 2.67. The molecule has 0 saturated heterocycles. The average molecular weight is 371 g/mol. The molecule has 0 amide bonds. The molecule has 146 valence electrons. The lowest BCUT2D eigenvalue weighted by Crippen LogP contribution is -2.48. The van der Waals surface area contributed by atoms with E-state index < -0.39 is 10.8 Å². The molecule has 0 heterocycles. The molecule has 0 radical (unpaired) electrons. The van der Waals surface area contributed by atoms with Crippen molar-refractivity contribution in [3.05, 3.63) is 0 Å². The Morgan fingerprint density at radius 2 is 1.92 bits per heavy atom. The molecule has 25 heavy (non-hydrogen) atoms. The van der Waals surface area contributed by atoms with E-state index in [1.165, 1.54) is 32.1 Å². The lowest BCUT2D eigenvalue weighted by atomic mass is 9.94. The van der Waals surface area contributed by atoms with Gasteiger partial charge in [-0.25, -0.2) is 0 Å². The van der Waals surface area contributed by atoms with Gasteiger partial charge in [-0.1, -0.05) is 32.6 Å². The fourth-order valence-corrected chi connectivity index (χ4v) is 5.54. The van der Waals surface area contributed by atoms with Crippen molar-refractivity contribution < 1.29 is 4.21 Å². The molecular weight excluding hydrogens is 332 g/mol. The highest BCUT2D eigenvalue weighted by Gasteiger charge is 2.26. The van der Waals surface area contributed by atoms with E-state index >= 15 is 0 Å². The Hall–Kier alpha value is -0.620. The molecule has 0 aromatic rings. The highest BCUT2D eigenvalue weighted by atomic mass is 32.2. The second-order valence-electron chi connectivity index (χ2n) is 7.57. The van der Waals surface area contributed by atoms with Crippen molar-refractivity contribution in [2.24, 2.45) is 4.99 Å². The summed E-state index contributed by atoms with van der Waals surface area (Å²) in [6.07, 6.45) is 11.3. The SMILES string of the molecule is CCS(=O)C1CCCC(NC(=NC)NCCN(C)C2CCCCC2)C1. The van der Waals surface area contributed by atoms with Crippen molar-refractivity contribution in [3.63, 3.8) is 0 Å². The normalized spacial score (nSPS) is 27.3. The molecular formula is C19H38N4OS. The fraction of sp³-hybridized carbons (Fsp3) is 0.947. The maximum absolute atomic E-state index is 12.1. The summed E-state index contributed by atoms with van der Waals surface area (Å²) in [5, 5.41) is 7.37. The molecule has 2 saturated carbocycles. The molecule has 0 aromatic heterocycles. The molecule has 5 nitrogen and oxygen atoms in total. The number of guanidine groups is 1. The minimum Gasteiger partial charge on any atom is -0.355 e. The van der Waals surface area contributed by atoms with Gasteiger partial charge in [0.05, 0.1) is 0 Å². The van der Waals surface area contributed by atoms with Gasteiger partial charge in [-0.2, -0.15) is 0 Å². The van der Waals surface area contributed by atoms with Gasteiger partial charge in [0.2, 0.25) is 0 Å². The Morgan fingerprint density at radius 3 is 2.60 bits per heavy atom. The second kappa shape index (κ2) is 11.2. The molecule has 0 aromatic carbocycles. The third-order valence-electron chi connectivity index (χ3n) is 5.80. The van der Waals surface area contributed by atoms with Gasteiger partial charge in [-0.15, -0.1) is 0 Å². The van der Waals surface area contributed by atoms with Crippen LogP contribution in [0.3, 0.4) is 0 Å². The van der Waals surface area contributed by atoms with E-state index in [0.717, 1.165) is 56.5 Å². The number of nitrogens with zero attached hydrogens (tertiary/aromatic N) is 2. The zero-order valence-electron chi connectivity index (χ0n) is 16.4. The van der Waals surface area contributed by atoms with Crippen LogP contribution in [0.15, 0.2) is 4.99 Å². The fourth-order valence-electron chi connectivity index (χ4n) is 4.19. The smallest absolute Gasteiger partial charge is 0.191 e. The Bertz CT molecular complexity index is 437. The Morgan fingerprint density at radius 1 is 1.16 bits per heavy atom. The monoisotopic (exact) mass is 370 g/mol. The van der Waals surface area contributed by atoms with Crippen LogP contribution in [0.25, 0.3) is 0 Å². The molecule has 6 heteroatoms. The zero-order chi connectivity index (χ0) is 18.1. The standard InChI is InChI=1S/C19H38N4OS/c1-4-25(24)18-12-8-9-16(15-18)22-19(20-2)21-13-14-23(3)17-10-6-5-7-11-17/h16-18H,4-15H2,1-3H3,(H2,20,21,22). The van der Waals surface area contributed by atoms with Crippen LogP contribution in [-0.2, 0) is 10.8 Å². The highest BCUT2D eigenvalue weighted by molar-refractivity contribution is 7.85. The summed E-state index contributed by atoms with van der Waals surface area (Å²) >= 11 is 0. The van der Waals surface area contributed by atoms with Crippen molar-refractivity contribution in [2.75, 3.05) is 32.9 Å². The Balaban J connectivity index is 1.70. The molecule has 2 fully saturated rings. The van der Waals surface area contributed by atoms with Crippen LogP contribution in [0.2, 0.25) is 0 Å². The third kappa shape index (κ3) is 6.89. The van der Waals surface area contributed by atoms with Gasteiger partial charge < -0.3 is 15.5 Å². The first-order chi connectivity index (χ1) is 12.1. The van der Waals surface area contributed by atoms with Crippen molar-refractivity contribution in [1.29, 1.82) is 0 Å². The minimum absolute atomic E-state index is 0.354. The largest absolute Gasteiger partial charge is 0.355 e. The molecule has 2 aliphatic rings. The second-order valence-corrected chi connectivity index (χ2v) is 9.58. The van der Waals surface area contributed by atoms with Crippen LogP contribution in [0.1, 0.15) is 64.7 Å². The molecule has 2 rings (SSSR count). The maximum Gasteiger partial charge on any atom is 0.191 e. The summed E-state index contributed by atoms with van der Waals surface area (Å²) in [5.74, 6) is 1.67. The molecule has 0 aliphatic heterocycles. The van der Waals surface area contributed by atoms with Gasteiger partial charge >= 0.3 is 0 Å². The number of likely N-dealkylation sites (N-methyl/N-ethyl adjacent to an activating group) is 1. The van der Waals surface area contributed by atoms with Gasteiger partial charge in [0, 0.05) is 54.0 Å². The Labute approximate surface area is 156 Å². The number of nitrogens with one attached hydrogen (secondary N) is 2. The summed E-state index contributed by atoms with van der Waals surface area (Å²) in [7, 11) is 3.42. The van der Waals surface area contributed by atoms with Crippen molar-refractivity contribution >= 4 is 16.8 Å². The van der Waals surface area contributed by atoms with Crippen LogP contribution in [0.4, 0.5) is 0 Å². The summed E-state index contributed by atoms with van der Waals surface area (Å²) < 4.78 is 12.1. The zero-order valence-corrected chi connectivity index (χ0v) is 17.2. The predicted octanol–water partition coefficient (Wildman–Crippen LogP) is 2.50. The predicted molar refractivity (Wildman–Crippen MR) is 109 cm³/mol. The molecule has 3 unspecified atom stereocenters. The third-order valence-corrected chi connectivity index (χ3v) is 7.54. The number of rotatable bonds is 7. The summed E-state index contributed by atoms with van der Waals surface area (Å²) in [6, 6.07) is 1.16. The number of aliphatic imine (C=N–C) groups is 1. The van der Waals surface area contributed by atoms with E-state index in [2.05, 4.69) is 27.6 Å². The van der Waals surface area contributed by atoms with Gasteiger partial charge in [-0.05, 0) is 39.2 Å². The van der Waals surface area contributed by atoms with E-state index in [-0.39, 0.29) is 0 Å². The van der Waals surface area contributed by atoms with Crippen LogP contribution >= 0.6 is 0 Å². The van der Waals surface area contributed by atoms with Gasteiger partial charge in [0.1, 0.15) is 0 Å². The van der Waals surface area contributed by atoms with E-state index in [9.17, 15) is 4.21 Å². The first-order valence-corrected chi connectivity index (χ1v) is 11.6. The summed E-state index contributed by atoms with van der Waals surface area (Å²) in [6.45, 7) is 4.00. The molecule has 2 N–H and O–H groups in total. The number of hydrogen-bond acceptors (Lipinski definition) is 3. The maximum atomic E-state index is 12.1. The van der Waals surface area contributed by atoms with Gasteiger partial charge in [-0.3, -0.25) is 9.20 Å². The molecule has 3 atom stereocenters. The van der Waals surface area contributed by atoms with E-state index in [4.69, 9.17) is 0 Å². The van der Waals surface area contributed by atoms with Crippen molar-refractivity contribution in [1.82, 2.24) is 15.5 Å². The van der Waals surface area contributed by atoms with Crippen molar-refractivity contribution in [3.8, 4) is 0 Å². The van der Waals surface area contributed by atoms with Crippen molar-refractivity contribution in [2.45, 2.75) is 82.0 Å². The van der Waals surface area contributed by atoms with Crippen LogP contribution in [0.5, 0.6) is 0 Å². The molecule has 0 spiro atoms. The summed E-state index contributed by atoms with van der Waals surface area (Å²) in [4.78, 5) is 6.88. The minimum atomic E-state index is -0.672. The van der Waals surface area contributed by atoms with Gasteiger partial charge in [0.25, 0.3) is 0 Å². The quantitative estimate of drug-likeness (QED) is 0.534. The van der Waals surface area contributed by atoms with E-state index in [1.807, 2.05) is 14.0 Å². The number of hydrogen-bond donors (Lipinski definition) is 2. The highest BCUT2D eigenvalue weighted by Crippen LogP contribution is 2.23. The lowest BCUT2D eigenvalue weighted by Gasteiger charge is -2.32. The van der Waals surface area contributed by atoms with Crippen LogP contribution in [0, 0.1) is 0 Å².